The van der Waals surface area contributed by atoms with Crippen molar-refractivity contribution < 1.29 is 9.59 Å². The van der Waals surface area contributed by atoms with Crippen molar-refractivity contribution in [3.05, 3.63) is 33.8 Å². The highest BCUT2D eigenvalue weighted by molar-refractivity contribution is 6.36. The van der Waals surface area contributed by atoms with Crippen LogP contribution in [0.4, 0.5) is 0 Å². The maximum Gasteiger partial charge on any atom is 0.255 e. The summed E-state index contributed by atoms with van der Waals surface area (Å²) in [5.41, 5.74) is 0.471. The lowest BCUT2D eigenvalue weighted by Gasteiger charge is -2.22. The average molecular weight is 407 g/mol. The van der Waals surface area contributed by atoms with E-state index in [0.29, 0.717) is 47.1 Å². The van der Waals surface area contributed by atoms with Crippen LogP contribution in [0.5, 0.6) is 0 Å². The molecule has 0 spiro atoms. The maximum absolute atomic E-state index is 12.6. The van der Waals surface area contributed by atoms with Crippen LogP contribution in [-0.2, 0) is 4.79 Å². The van der Waals surface area contributed by atoms with Gasteiger partial charge in [0, 0.05) is 30.7 Å². The van der Waals surface area contributed by atoms with Crippen molar-refractivity contribution in [2.75, 3.05) is 26.2 Å². The normalized spacial score (nSPS) is 28.8. The number of fused-ring (bicyclic) bond motifs is 1. The molecule has 2 aliphatic heterocycles. The lowest BCUT2D eigenvalue weighted by molar-refractivity contribution is -0.130. The highest BCUT2D eigenvalue weighted by Crippen LogP contribution is 2.46. The molecule has 1 aromatic carbocycles. The van der Waals surface area contributed by atoms with Crippen molar-refractivity contribution in [2.24, 2.45) is 11.8 Å². The van der Waals surface area contributed by atoms with Crippen molar-refractivity contribution in [1.82, 2.24) is 15.1 Å². The van der Waals surface area contributed by atoms with E-state index in [-0.39, 0.29) is 30.4 Å². The quantitative estimate of drug-likeness (QED) is 0.830. The molecule has 1 aliphatic carbocycles. The topological polar surface area (TPSA) is 76.4 Å². The van der Waals surface area contributed by atoms with Gasteiger partial charge in [-0.25, -0.2) is 0 Å². The number of hydrogen-bond acceptors (Lipinski definition) is 4. The van der Waals surface area contributed by atoms with Crippen LogP contribution >= 0.6 is 23.2 Å². The zero-order valence-corrected chi connectivity index (χ0v) is 16.2. The number of benzene rings is 1. The lowest BCUT2D eigenvalue weighted by Crippen LogP contribution is -2.43. The number of rotatable bonds is 4. The molecular weight excluding hydrogens is 387 g/mol. The Kier molecular flexibility index (Phi) is 5.02. The smallest absolute Gasteiger partial charge is 0.255 e. The van der Waals surface area contributed by atoms with Crippen LogP contribution in [0, 0.1) is 23.2 Å². The third-order valence-electron chi connectivity index (χ3n) is 5.85. The second-order valence-corrected chi connectivity index (χ2v) is 8.29. The predicted molar refractivity (Wildman–Crippen MR) is 101 cm³/mol. The minimum absolute atomic E-state index is 0.00935. The Morgan fingerprint density at radius 2 is 2.00 bits per heavy atom. The van der Waals surface area contributed by atoms with Crippen molar-refractivity contribution >= 4 is 35.0 Å². The van der Waals surface area contributed by atoms with E-state index in [1.165, 1.54) is 0 Å². The minimum Gasteiger partial charge on any atom is -0.338 e. The van der Waals surface area contributed by atoms with E-state index < -0.39 is 0 Å². The molecule has 1 aromatic rings. The van der Waals surface area contributed by atoms with Crippen LogP contribution in [0.3, 0.4) is 0 Å². The van der Waals surface area contributed by atoms with Crippen molar-refractivity contribution in [2.45, 2.75) is 24.9 Å². The third-order valence-corrected chi connectivity index (χ3v) is 6.40. The van der Waals surface area contributed by atoms with E-state index in [0.717, 1.165) is 12.8 Å². The number of carbonyl (C=O) groups excluding carboxylic acids is 2. The first-order chi connectivity index (χ1) is 13.0. The Balaban J connectivity index is 1.27. The summed E-state index contributed by atoms with van der Waals surface area (Å²) in [6.07, 6.45) is 1.66. The van der Waals surface area contributed by atoms with Gasteiger partial charge >= 0.3 is 0 Å². The van der Waals surface area contributed by atoms with Crippen molar-refractivity contribution in [3.8, 4) is 6.07 Å². The number of hydrogen-bond donors (Lipinski definition) is 1. The molecular formula is C19H20Cl2N4O2. The lowest BCUT2D eigenvalue weighted by atomic mass is 10.2. The first kappa shape index (κ1) is 18.5. The summed E-state index contributed by atoms with van der Waals surface area (Å²) < 4.78 is 0. The molecule has 0 bridgehead atoms. The highest BCUT2D eigenvalue weighted by Gasteiger charge is 2.56. The Labute approximate surface area is 168 Å². The number of carbonyl (C=O) groups is 2. The fourth-order valence-corrected chi connectivity index (χ4v) is 4.82. The Hall–Kier alpha value is -1.81. The zero-order valence-electron chi connectivity index (χ0n) is 14.7. The highest BCUT2D eigenvalue weighted by atomic mass is 35.5. The summed E-state index contributed by atoms with van der Waals surface area (Å²) in [4.78, 5) is 28.4. The molecule has 27 heavy (non-hydrogen) atoms. The molecule has 2 heterocycles. The third kappa shape index (κ3) is 3.52. The number of nitrogens with zero attached hydrogens (tertiary/aromatic N) is 3. The SMILES string of the molecule is N#CC1CCCN1C(=O)CNC1C2CN(C(=O)c3ccc(Cl)cc3Cl)CC21. The molecule has 2 saturated heterocycles. The molecule has 2 amide bonds. The van der Waals surface area contributed by atoms with Gasteiger partial charge in [-0.15, -0.1) is 0 Å². The largest absolute Gasteiger partial charge is 0.338 e. The summed E-state index contributed by atoms with van der Waals surface area (Å²) in [7, 11) is 0. The molecule has 1 saturated carbocycles. The molecule has 3 fully saturated rings. The second-order valence-electron chi connectivity index (χ2n) is 7.44. The van der Waals surface area contributed by atoms with Gasteiger partial charge in [-0.1, -0.05) is 23.2 Å². The second kappa shape index (κ2) is 7.31. The van der Waals surface area contributed by atoms with Crippen LogP contribution in [0.25, 0.3) is 0 Å². The summed E-state index contributed by atoms with van der Waals surface area (Å²) in [5.74, 6) is 0.661. The van der Waals surface area contributed by atoms with Crippen LogP contribution in [0.1, 0.15) is 23.2 Å². The van der Waals surface area contributed by atoms with Gasteiger partial charge in [0.25, 0.3) is 5.91 Å². The standard InChI is InChI=1S/C19H20Cl2N4O2/c20-11-3-4-13(16(21)6-11)19(27)24-9-14-15(10-24)18(14)23-8-17(26)25-5-1-2-12(25)7-22/h3-4,6,12,14-15,18,23H,1-2,5,8-10H2. The van der Waals surface area contributed by atoms with E-state index in [1.807, 2.05) is 4.90 Å². The predicted octanol–water partition coefficient (Wildman–Crippen LogP) is 2.17. The van der Waals surface area contributed by atoms with Gasteiger partial charge in [0.05, 0.1) is 23.2 Å². The fraction of sp³-hybridized carbons (Fsp3) is 0.526. The fourth-order valence-electron chi connectivity index (χ4n) is 4.33. The van der Waals surface area contributed by atoms with Gasteiger partial charge in [0.15, 0.2) is 0 Å². The summed E-state index contributed by atoms with van der Waals surface area (Å²) in [6, 6.07) is 7.08. The monoisotopic (exact) mass is 406 g/mol. The Morgan fingerprint density at radius 1 is 1.26 bits per heavy atom. The maximum atomic E-state index is 12.6. The molecule has 3 unspecified atom stereocenters. The van der Waals surface area contributed by atoms with Gasteiger partial charge in [0.2, 0.25) is 5.91 Å². The molecule has 3 aliphatic rings. The summed E-state index contributed by atoms with van der Waals surface area (Å²) >= 11 is 12.0. The average Bonchev–Trinajstić information content (AvgIpc) is 3.04. The molecule has 142 valence electrons. The number of halogens is 2. The van der Waals surface area contributed by atoms with Gasteiger partial charge in [-0.3, -0.25) is 9.59 Å². The molecule has 1 N–H and O–H groups in total. The van der Waals surface area contributed by atoms with Gasteiger partial charge in [0.1, 0.15) is 6.04 Å². The molecule has 6 nitrogen and oxygen atoms in total. The van der Waals surface area contributed by atoms with E-state index in [9.17, 15) is 9.59 Å². The van der Waals surface area contributed by atoms with Crippen LogP contribution in [0.2, 0.25) is 10.0 Å². The Morgan fingerprint density at radius 3 is 2.67 bits per heavy atom. The van der Waals surface area contributed by atoms with Gasteiger partial charge < -0.3 is 15.1 Å². The number of amides is 2. The molecule has 0 aromatic heterocycles. The minimum atomic E-state index is -0.282. The summed E-state index contributed by atoms with van der Waals surface area (Å²) in [6.45, 7) is 2.25. The molecule has 8 heteroatoms. The van der Waals surface area contributed by atoms with E-state index in [1.54, 1.807) is 23.1 Å². The van der Waals surface area contributed by atoms with E-state index >= 15 is 0 Å². The van der Waals surface area contributed by atoms with E-state index in [2.05, 4.69) is 11.4 Å². The molecule has 3 atom stereocenters. The first-order valence-electron chi connectivity index (χ1n) is 9.16. The molecule has 0 radical (unpaired) electrons. The van der Waals surface area contributed by atoms with Gasteiger partial charge in [-0.05, 0) is 42.9 Å². The van der Waals surface area contributed by atoms with Crippen LogP contribution < -0.4 is 5.32 Å². The number of nitriles is 1. The van der Waals surface area contributed by atoms with Crippen molar-refractivity contribution in [3.63, 3.8) is 0 Å². The Bertz CT molecular complexity index is 812. The number of nitrogens with one attached hydrogen (secondary N) is 1. The number of piperidine rings is 1. The van der Waals surface area contributed by atoms with Crippen LogP contribution in [0.15, 0.2) is 18.2 Å². The van der Waals surface area contributed by atoms with E-state index in [4.69, 9.17) is 28.5 Å². The van der Waals surface area contributed by atoms with Gasteiger partial charge in [-0.2, -0.15) is 5.26 Å². The van der Waals surface area contributed by atoms with Crippen LogP contribution in [-0.4, -0.2) is 59.9 Å². The number of likely N-dealkylation sites (tertiary alicyclic amines) is 2. The van der Waals surface area contributed by atoms with Crippen molar-refractivity contribution in [1.29, 1.82) is 5.26 Å². The summed E-state index contributed by atoms with van der Waals surface area (Å²) in [5, 5.41) is 13.3. The zero-order chi connectivity index (χ0) is 19.1. The first-order valence-corrected chi connectivity index (χ1v) is 9.92. The molecule has 4 rings (SSSR count).